The van der Waals surface area contributed by atoms with E-state index in [2.05, 4.69) is 170 Å². The Kier molecular flexibility index (Phi) is 9.85. The predicted octanol–water partition coefficient (Wildman–Crippen LogP) is 13.7. The summed E-state index contributed by atoms with van der Waals surface area (Å²) in [4.78, 5) is 15.0. The first-order valence-electron chi connectivity index (χ1n) is 21.6. The third-order valence-corrected chi connectivity index (χ3v) is 14.2. The molecule has 4 bridgehead atoms. The average molecular weight is 756 g/mol. The van der Waals surface area contributed by atoms with Crippen molar-refractivity contribution in [2.24, 2.45) is 22.2 Å². The average Bonchev–Trinajstić information content (AvgIpc) is 3.28. The molecule has 0 aliphatic heterocycles. The fourth-order valence-electron chi connectivity index (χ4n) is 12.2. The minimum absolute atomic E-state index is 0.357. The van der Waals surface area contributed by atoms with E-state index in [9.17, 15) is 0 Å². The van der Waals surface area contributed by atoms with E-state index < -0.39 is 0 Å². The lowest BCUT2D eigenvalue weighted by molar-refractivity contribution is -0.166. The summed E-state index contributed by atoms with van der Waals surface area (Å²) >= 11 is 0. The zero-order valence-electron chi connectivity index (χ0n) is 33.6. The van der Waals surface area contributed by atoms with Crippen LogP contribution in [-0.2, 0) is 19.3 Å². The largest absolute Gasteiger partial charge is 0.256 e. The van der Waals surface area contributed by atoms with Crippen LogP contribution in [0.5, 0.6) is 0 Å². The fraction of sp³-hybridized carbons (Fsp3) is 0.291. The molecule has 4 aliphatic carbocycles. The van der Waals surface area contributed by atoms with Gasteiger partial charge in [0.1, 0.15) is 0 Å². The normalized spacial score (nSPS) is 23.2. The summed E-state index contributed by atoms with van der Waals surface area (Å²) in [5.41, 5.74) is 14.6. The van der Waals surface area contributed by atoms with E-state index >= 15 is 0 Å². The lowest BCUT2D eigenvalue weighted by Crippen LogP contribution is -2.57. The lowest BCUT2D eigenvalue weighted by Gasteiger charge is -2.67. The van der Waals surface area contributed by atoms with Gasteiger partial charge in [-0.2, -0.15) is 0 Å². The number of hydrogen-bond acceptors (Lipinski definition) is 3. The third kappa shape index (κ3) is 7.67. The van der Waals surface area contributed by atoms with Gasteiger partial charge in [0.25, 0.3) is 0 Å². The highest BCUT2D eigenvalue weighted by Crippen LogP contribution is 2.73. The highest BCUT2D eigenvalue weighted by Gasteiger charge is 2.62. The number of benzene rings is 4. The van der Waals surface area contributed by atoms with Gasteiger partial charge in [0.2, 0.25) is 0 Å². The maximum atomic E-state index is 5.09. The van der Waals surface area contributed by atoms with E-state index in [-0.39, 0.29) is 0 Å². The van der Waals surface area contributed by atoms with E-state index in [1.807, 2.05) is 0 Å². The number of pyridine rings is 3. The van der Waals surface area contributed by atoms with Crippen molar-refractivity contribution in [3.8, 4) is 44.9 Å². The quantitative estimate of drug-likeness (QED) is 0.118. The van der Waals surface area contributed by atoms with Gasteiger partial charge in [-0.1, -0.05) is 133 Å². The standard InChI is InChI=1S/C55H53N3/c1-5-13-44(14-6-1)49-31-52(47-19-11-4-12-20-47)58-37-48(49)27-30-55-34-43-32-53(39-55,28-25-41-21-23-50(56-35-41)45-15-7-2-8-16-45)38-54(33-43,40-55)29-26-42-22-24-51(57-36-42)46-17-9-3-10-18-46/h1-24,31,35-37,43H,25-30,32-34,38-40H2. The van der Waals surface area contributed by atoms with Crippen molar-refractivity contribution in [2.75, 3.05) is 0 Å². The zero-order valence-corrected chi connectivity index (χ0v) is 33.6. The fourth-order valence-corrected chi connectivity index (χ4v) is 12.2. The molecule has 4 fully saturated rings. The van der Waals surface area contributed by atoms with E-state index in [1.54, 1.807) is 0 Å². The van der Waals surface area contributed by atoms with Gasteiger partial charge in [0.15, 0.2) is 0 Å². The van der Waals surface area contributed by atoms with Gasteiger partial charge in [0.05, 0.1) is 17.1 Å². The number of hydrogen-bond donors (Lipinski definition) is 0. The van der Waals surface area contributed by atoms with Gasteiger partial charge in [0, 0.05) is 35.3 Å². The molecule has 0 amide bonds. The number of rotatable bonds is 13. The van der Waals surface area contributed by atoms with Gasteiger partial charge in [-0.15, -0.1) is 0 Å². The van der Waals surface area contributed by atoms with Crippen LogP contribution in [0.2, 0.25) is 0 Å². The zero-order chi connectivity index (χ0) is 38.8. The Morgan fingerprint density at radius 3 is 1.22 bits per heavy atom. The van der Waals surface area contributed by atoms with Crippen molar-refractivity contribution in [1.82, 2.24) is 15.0 Å². The molecule has 3 nitrogen and oxygen atoms in total. The first-order chi connectivity index (χ1) is 28.5. The molecule has 58 heavy (non-hydrogen) atoms. The second kappa shape index (κ2) is 15.6. The molecule has 0 spiro atoms. The molecule has 3 heterocycles. The van der Waals surface area contributed by atoms with E-state index in [4.69, 9.17) is 15.0 Å². The van der Waals surface area contributed by atoms with Crippen molar-refractivity contribution in [3.05, 3.63) is 187 Å². The van der Waals surface area contributed by atoms with Crippen LogP contribution in [0.4, 0.5) is 0 Å². The summed E-state index contributed by atoms with van der Waals surface area (Å²) < 4.78 is 0. The highest BCUT2D eigenvalue weighted by molar-refractivity contribution is 5.73. The number of aryl methyl sites for hydroxylation is 3. The summed E-state index contributed by atoms with van der Waals surface area (Å²) in [6.45, 7) is 0. The third-order valence-electron chi connectivity index (χ3n) is 14.2. The molecule has 0 saturated heterocycles. The molecule has 4 aromatic carbocycles. The Morgan fingerprint density at radius 1 is 0.397 bits per heavy atom. The summed E-state index contributed by atoms with van der Waals surface area (Å²) in [5, 5.41) is 0. The van der Waals surface area contributed by atoms with Crippen LogP contribution in [0.15, 0.2) is 170 Å². The lowest BCUT2D eigenvalue weighted by atomic mass is 9.37. The molecule has 3 aromatic heterocycles. The Balaban J connectivity index is 0.927. The maximum Gasteiger partial charge on any atom is 0.0708 e. The smallest absolute Gasteiger partial charge is 0.0708 e. The van der Waals surface area contributed by atoms with Gasteiger partial charge in [-0.05, 0) is 145 Å². The van der Waals surface area contributed by atoms with Crippen LogP contribution in [0.1, 0.15) is 74.5 Å². The monoisotopic (exact) mass is 755 g/mol. The molecule has 11 rings (SSSR count). The Hall–Kier alpha value is -5.67. The SMILES string of the molecule is c1ccc(-c2ccc(CCC34CC5CC(CCc6ccc(-c7ccccc7)nc6)(C3)CC(CCc3cnc(-c6ccccc6)cc3-c3ccccc3)(C5)C4)cn2)cc1. The van der Waals surface area contributed by atoms with E-state index in [0.717, 1.165) is 42.3 Å². The molecular weight excluding hydrogens is 703 g/mol. The van der Waals surface area contributed by atoms with Crippen LogP contribution in [0.25, 0.3) is 44.9 Å². The Bertz CT molecular complexity index is 2340. The molecule has 2 atom stereocenters. The minimum atomic E-state index is 0.357. The molecule has 0 radical (unpaired) electrons. The highest BCUT2D eigenvalue weighted by atomic mass is 14.7. The molecule has 2 unspecified atom stereocenters. The van der Waals surface area contributed by atoms with Crippen molar-refractivity contribution < 1.29 is 0 Å². The Labute approximate surface area is 344 Å². The molecule has 4 saturated carbocycles. The van der Waals surface area contributed by atoms with Crippen LogP contribution in [0, 0.1) is 22.2 Å². The van der Waals surface area contributed by atoms with Crippen molar-refractivity contribution >= 4 is 0 Å². The molecule has 288 valence electrons. The second-order valence-electron chi connectivity index (χ2n) is 18.3. The van der Waals surface area contributed by atoms with Gasteiger partial charge >= 0.3 is 0 Å². The molecular formula is C55H53N3. The number of aromatic nitrogens is 3. The first-order valence-corrected chi connectivity index (χ1v) is 21.6. The van der Waals surface area contributed by atoms with Gasteiger partial charge in [-0.25, -0.2) is 0 Å². The predicted molar refractivity (Wildman–Crippen MR) is 238 cm³/mol. The minimum Gasteiger partial charge on any atom is -0.256 e. The first kappa shape index (κ1) is 36.7. The maximum absolute atomic E-state index is 5.09. The summed E-state index contributed by atoms with van der Waals surface area (Å²) in [6.07, 6.45) is 21.8. The van der Waals surface area contributed by atoms with Gasteiger partial charge in [-0.3, -0.25) is 15.0 Å². The van der Waals surface area contributed by atoms with Crippen LogP contribution in [-0.4, -0.2) is 15.0 Å². The summed E-state index contributed by atoms with van der Waals surface area (Å²) in [5.74, 6) is 0.806. The van der Waals surface area contributed by atoms with Crippen molar-refractivity contribution in [1.29, 1.82) is 0 Å². The van der Waals surface area contributed by atoms with Gasteiger partial charge < -0.3 is 0 Å². The molecule has 4 aliphatic rings. The van der Waals surface area contributed by atoms with E-state index in [1.165, 1.54) is 102 Å². The molecule has 3 heteroatoms. The van der Waals surface area contributed by atoms with Crippen LogP contribution < -0.4 is 0 Å². The summed E-state index contributed by atoms with van der Waals surface area (Å²) in [7, 11) is 0. The second-order valence-corrected chi connectivity index (χ2v) is 18.3. The van der Waals surface area contributed by atoms with E-state index in [0.29, 0.717) is 16.2 Å². The van der Waals surface area contributed by atoms with Crippen molar-refractivity contribution in [3.63, 3.8) is 0 Å². The Morgan fingerprint density at radius 2 is 0.793 bits per heavy atom. The van der Waals surface area contributed by atoms with Crippen molar-refractivity contribution in [2.45, 2.75) is 77.0 Å². The summed E-state index contributed by atoms with van der Waals surface area (Å²) in [6, 6.07) is 54.3. The molecule has 0 N–H and O–H groups in total. The van der Waals surface area contributed by atoms with Crippen LogP contribution >= 0.6 is 0 Å². The topological polar surface area (TPSA) is 38.7 Å². The molecule has 7 aromatic rings. The number of nitrogens with zero attached hydrogens (tertiary/aromatic N) is 3. The van der Waals surface area contributed by atoms with Crippen LogP contribution in [0.3, 0.4) is 0 Å².